The van der Waals surface area contributed by atoms with Gasteiger partial charge in [0.25, 0.3) is 5.69 Å². The Morgan fingerprint density at radius 2 is 2.25 bits per heavy atom. The maximum Gasteiger partial charge on any atom is 0.310 e. The Labute approximate surface area is 116 Å². The lowest BCUT2D eigenvalue weighted by Gasteiger charge is -2.22. The Hall–Kier alpha value is -2.62. The Balaban J connectivity index is 2.95. The molecule has 20 heavy (non-hydrogen) atoms. The molecule has 7 heteroatoms. The summed E-state index contributed by atoms with van der Waals surface area (Å²) in [4.78, 5) is 23.2. The number of benzene rings is 1. The molecule has 0 radical (unpaired) electrons. The number of methoxy groups -OCH3 is 1. The Kier molecular flexibility index (Phi) is 5.03. The maximum absolute atomic E-state index is 11.4. The summed E-state index contributed by atoms with van der Waals surface area (Å²) >= 11 is 0. The highest BCUT2D eigenvalue weighted by atomic mass is 16.6. The largest absolute Gasteiger partial charge is 0.469 e. The van der Waals surface area contributed by atoms with Crippen LogP contribution in [0.5, 0.6) is 0 Å². The van der Waals surface area contributed by atoms with Crippen molar-refractivity contribution in [1.82, 2.24) is 0 Å². The van der Waals surface area contributed by atoms with E-state index in [2.05, 4.69) is 4.74 Å². The second-order valence-corrected chi connectivity index (χ2v) is 4.38. The van der Waals surface area contributed by atoms with Gasteiger partial charge >= 0.3 is 5.97 Å². The zero-order valence-electron chi connectivity index (χ0n) is 11.5. The third kappa shape index (κ3) is 3.45. The van der Waals surface area contributed by atoms with Crippen molar-refractivity contribution >= 4 is 17.3 Å². The standard InChI is InChI=1S/C13H15N3O4/c1-9(13(17)20-3)8-15(2)11-4-5-12(16(18)19)10(6-11)7-14/h4-6,9H,8H2,1-3H3. The average Bonchev–Trinajstić information content (AvgIpc) is 2.45. The van der Waals surface area contributed by atoms with Gasteiger partial charge < -0.3 is 9.64 Å². The number of rotatable bonds is 5. The van der Waals surface area contributed by atoms with Gasteiger partial charge in [0, 0.05) is 25.3 Å². The number of esters is 1. The van der Waals surface area contributed by atoms with Crippen molar-refractivity contribution in [1.29, 1.82) is 5.26 Å². The highest BCUT2D eigenvalue weighted by molar-refractivity contribution is 5.73. The van der Waals surface area contributed by atoms with Crippen molar-refractivity contribution in [3.63, 3.8) is 0 Å². The fraction of sp³-hybridized carbons (Fsp3) is 0.385. The smallest absolute Gasteiger partial charge is 0.310 e. The molecular weight excluding hydrogens is 262 g/mol. The van der Waals surface area contributed by atoms with E-state index in [1.807, 2.05) is 0 Å². The summed E-state index contributed by atoms with van der Waals surface area (Å²) in [5, 5.41) is 19.7. The van der Waals surface area contributed by atoms with Crippen molar-refractivity contribution in [3.05, 3.63) is 33.9 Å². The molecule has 0 aliphatic heterocycles. The van der Waals surface area contributed by atoms with Crippen LogP contribution in [0, 0.1) is 27.4 Å². The van der Waals surface area contributed by atoms with Crippen LogP contribution in [0.2, 0.25) is 0 Å². The first-order valence-electron chi connectivity index (χ1n) is 5.88. The highest BCUT2D eigenvalue weighted by Gasteiger charge is 2.18. The molecule has 0 bridgehead atoms. The van der Waals surface area contributed by atoms with Crippen LogP contribution in [0.1, 0.15) is 12.5 Å². The van der Waals surface area contributed by atoms with E-state index < -0.39 is 4.92 Å². The number of nitrogens with zero attached hydrogens (tertiary/aromatic N) is 3. The predicted molar refractivity (Wildman–Crippen MR) is 72.3 cm³/mol. The van der Waals surface area contributed by atoms with Crippen LogP contribution in [-0.2, 0) is 9.53 Å². The number of carbonyl (C=O) groups is 1. The summed E-state index contributed by atoms with van der Waals surface area (Å²) in [6, 6.07) is 6.06. The number of nitro groups is 1. The van der Waals surface area contributed by atoms with E-state index in [0.29, 0.717) is 12.2 Å². The summed E-state index contributed by atoms with van der Waals surface area (Å²) in [7, 11) is 3.06. The molecule has 0 aliphatic rings. The Bertz CT molecular complexity index is 565. The molecule has 1 rings (SSSR count). The SMILES string of the molecule is COC(=O)C(C)CN(C)c1ccc([N+](=O)[O-])c(C#N)c1. The third-order valence-corrected chi connectivity index (χ3v) is 2.89. The molecule has 1 aromatic carbocycles. The molecular formula is C13H15N3O4. The Morgan fingerprint density at radius 3 is 2.75 bits per heavy atom. The van der Waals surface area contributed by atoms with Crippen LogP contribution in [0.25, 0.3) is 0 Å². The highest BCUT2D eigenvalue weighted by Crippen LogP contribution is 2.24. The lowest BCUT2D eigenvalue weighted by molar-refractivity contribution is -0.385. The number of nitriles is 1. The minimum absolute atomic E-state index is 0.00919. The van der Waals surface area contributed by atoms with Crippen molar-refractivity contribution in [2.75, 3.05) is 25.6 Å². The maximum atomic E-state index is 11.4. The van der Waals surface area contributed by atoms with E-state index in [1.54, 1.807) is 31.0 Å². The lowest BCUT2D eigenvalue weighted by atomic mass is 10.1. The van der Waals surface area contributed by atoms with Crippen LogP contribution in [0.3, 0.4) is 0 Å². The number of hydrogen-bond donors (Lipinski definition) is 0. The molecule has 0 aliphatic carbocycles. The van der Waals surface area contributed by atoms with Gasteiger partial charge in [-0.3, -0.25) is 14.9 Å². The zero-order chi connectivity index (χ0) is 15.3. The molecule has 0 amide bonds. The molecule has 0 saturated carbocycles. The van der Waals surface area contributed by atoms with Gasteiger partial charge in [0.15, 0.2) is 0 Å². The van der Waals surface area contributed by atoms with E-state index in [1.165, 1.54) is 19.2 Å². The van der Waals surface area contributed by atoms with E-state index in [9.17, 15) is 14.9 Å². The molecule has 0 N–H and O–H groups in total. The molecule has 7 nitrogen and oxygen atoms in total. The van der Waals surface area contributed by atoms with Crippen LogP contribution < -0.4 is 4.90 Å². The molecule has 0 saturated heterocycles. The summed E-state index contributed by atoms with van der Waals surface area (Å²) in [5.74, 6) is -0.676. The molecule has 1 atom stereocenters. The molecule has 0 aromatic heterocycles. The summed E-state index contributed by atoms with van der Waals surface area (Å²) in [6.07, 6.45) is 0. The van der Waals surface area contributed by atoms with Gasteiger partial charge in [-0.2, -0.15) is 5.26 Å². The second-order valence-electron chi connectivity index (χ2n) is 4.38. The number of ether oxygens (including phenoxy) is 1. The van der Waals surface area contributed by atoms with E-state index >= 15 is 0 Å². The Morgan fingerprint density at radius 1 is 1.60 bits per heavy atom. The predicted octanol–water partition coefficient (Wildman–Crippen LogP) is 1.71. The first kappa shape index (κ1) is 15.4. The molecule has 106 valence electrons. The minimum atomic E-state index is -0.598. The van der Waals surface area contributed by atoms with Crippen molar-refractivity contribution in [2.24, 2.45) is 5.92 Å². The molecule has 1 aromatic rings. The van der Waals surface area contributed by atoms with Gasteiger partial charge in [0.2, 0.25) is 0 Å². The van der Waals surface area contributed by atoms with E-state index in [-0.39, 0.29) is 23.1 Å². The van der Waals surface area contributed by atoms with Crippen molar-refractivity contribution in [2.45, 2.75) is 6.92 Å². The van der Waals surface area contributed by atoms with Gasteiger partial charge in [-0.05, 0) is 12.1 Å². The van der Waals surface area contributed by atoms with Crippen molar-refractivity contribution in [3.8, 4) is 6.07 Å². The average molecular weight is 277 g/mol. The summed E-state index contributed by atoms with van der Waals surface area (Å²) < 4.78 is 4.64. The lowest BCUT2D eigenvalue weighted by Crippen LogP contribution is -2.29. The molecule has 0 spiro atoms. The van der Waals surface area contributed by atoms with Crippen LogP contribution >= 0.6 is 0 Å². The number of carbonyl (C=O) groups excluding carboxylic acids is 1. The van der Waals surface area contributed by atoms with E-state index in [0.717, 1.165) is 0 Å². The van der Waals surface area contributed by atoms with Gasteiger partial charge in [0.1, 0.15) is 11.6 Å². The van der Waals surface area contributed by atoms with Crippen LogP contribution in [-0.4, -0.2) is 31.6 Å². The zero-order valence-corrected chi connectivity index (χ0v) is 11.5. The molecule has 1 unspecified atom stereocenters. The molecule has 0 fully saturated rings. The monoisotopic (exact) mass is 277 g/mol. The quantitative estimate of drug-likeness (QED) is 0.462. The first-order valence-corrected chi connectivity index (χ1v) is 5.88. The second kappa shape index (κ2) is 6.52. The summed E-state index contributed by atoms with van der Waals surface area (Å²) in [5.41, 5.74) is 0.388. The fourth-order valence-electron chi connectivity index (χ4n) is 1.80. The van der Waals surface area contributed by atoms with Gasteiger partial charge in [0.05, 0.1) is 18.0 Å². The minimum Gasteiger partial charge on any atom is -0.469 e. The van der Waals surface area contributed by atoms with Gasteiger partial charge in [-0.25, -0.2) is 0 Å². The van der Waals surface area contributed by atoms with Gasteiger partial charge in [-0.1, -0.05) is 6.92 Å². The van der Waals surface area contributed by atoms with E-state index in [4.69, 9.17) is 5.26 Å². The topological polar surface area (TPSA) is 96.5 Å². The fourth-order valence-corrected chi connectivity index (χ4v) is 1.80. The normalized spacial score (nSPS) is 11.3. The molecule has 0 heterocycles. The first-order chi connectivity index (χ1) is 9.40. The number of anilines is 1. The van der Waals surface area contributed by atoms with Crippen LogP contribution in [0.4, 0.5) is 11.4 Å². The van der Waals surface area contributed by atoms with Crippen molar-refractivity contribution < 1.29 is 14.5 Å². The summed E-state index contributed by atoms with van der Waals surface area (Å²) in [6.45, 7) is 2.11. The van der Waals surface area contributed by atoms with Gasteiger partial charge in [-0.15, -0.1) is 0 Å². The number of nitro benzene ring substituents is 1. The third-order valence-electron chi connectivity index (χ3n) is 2.89. The number of hydrogen-bond acceptors (Lipinski definition) is 6. The van der Waals surface area contributed by atoms with Crippen LogP contribution in [0.15, 0.2) is 18.2 Å².